The summed E-state index contributed by atoms with van der Waals surface area (Å²) in [6.07, 6.45) is 2.37. The highest BCUT2D eigenvalue weighted by atomic mass is 127. The minimum atomic E-state index is -0.217. The molecular weight excluding hydrogens is 435 g/mol. The number of hydrogen-bond acceptors (Lipinski definition) is 4. The van der Waals surface area contributed by atoms with Crippen LogP contribution in [0.4, 0.5) is 0 Å². The van der Waals surface area contributed by atoms with Gasteiger partial charge in [-0.05, 0) is 31.4 Å². The number of furan rings is 1. The lowest BCUT2D eigenvalue weighted by Crippen LogP contribution is -2.41. The second-order valence-electron chi connectivity index (χ2n) is 5.74. The molecule has 0 fully saturated rings. The Hall–Kier alpha value is -1.29. The summed E-state index contributed by atoms with van der Waals surface area (Å²) < 4.78 is 10.6. The summed E-state index contributed by atoms with van der Waals surface area (Å²) in [5.41, 5.74) is 0. The van der Waals surface area contributed by atoms with Crippen molar-refractivity contribution >= 4 is 35.8 Å². The first kappa shape index (κ1) is 23.7. The maximum Gasteiger partial charge on any atom is 0.287 e. The zero-order valence-corrected chi connectivity index (χ0v) is 17.7. The molecule has 25 heavy (non-hydrogen) atoms. The molecule has 0 aliphatic rings. The van der Waals surface area contributed by atoms with E-state index < -0.39 is 0 Å². The van der Waals surface area contributed by atoms with Gasteiger partial charge in [-0.3, -0.25) is 9.79 Å². The minimum Gasteiger partial charge on any atom is -0.459 e. The fourth-order valence-electron chi connectivity index (χ4n) is 1.87. The molecule has 0 saturated carbocycles. The van der Waals surface area contributed by atoms with Crippen LogP contribution >= 0.6 is 24.0 Å². The molecule has 1 aromatic rings. The average molecular weight is 466 g/mol. The lowest BCUT2D eigenvalue weighted by molar-refractivity contribution is 0.0926. The molecule has 1 rings (SSSR count). The van der Waals surface area contributed by atoms with Gasteiger partial charge in [-0.25, -0.2) is 0 Å². The molecule has 144 valence electrons. The third-order valence-electron chi connectivity index (χ3n) is 2.96. The molecule has 0 atom stereocenters. The normalized spacial score (nSPS) is 11.1. The van der Waals surface area contributed by atoms with Crippen molar-refractivity contribution in [1.82, 2.24) is 16.0 Å². The molecule has 7 nitrogen and oxygen atoms in total. The predicted molar refractivity (Wildman–Crippen MR) is 111 cm³/mol. The van der Waals surface area contributed by atoms with Crippen LogP contribution in [0.5, 0.6) is 0 Å². The van der Waals surface area contributed by atoms with Gasteiger partial charge in [-0.1, -0.05) is 13.8 Å². The molecule has 1 amide bonds. The van der Waals surface area contributed by atoms with Crippen LogP contribution in [0.25, 0.3) is 0 Å². The Kier molecular flexibility index (Phi) is 14.2. The Morgan fingerprint density at radius 1 is 1.28 bits per heavy atom. The molecule has 0 saturated heterocycles. The van der Waals surface area contributed by atoms with Gasteiger partial charge in [0, 0.05) is 39.4 Å². The van der Waals surface area contributed by atoms with Crippen LogP contribution in [-0.2, 0) is 4.74 Å². The Morgan fingerprint density at radius 2 is 2.04 bits per heavy atom. The van der Waals surface area contributed by atoms with Gasteiger partial charge < -0.3 is 25.1 Å². The first-order chi connectivity index (χ1) is 11.6. The molecule has 3 N–H and O–H groups in total. The predicted octanol–water partition coefficient (Wildman–Crippen LogP) is 2.25. The van der Waals surface area contributed by atoms with Gasteiger partial charge in [-0.15, -0.1) is 24.0 Å². The molecule has 1 aromatic heterocycles. The van der Waals surface area contributed by atoms with Gasteiger partial charge >= 0.3 is 0 Å². The topological polar surface area (TPSA) is 87.9 Å². The van der Waals surface area contributed by atoms with Gasteiger partial charge in [0.15, 0.2) is 11.7 Å². The van der Waals surface area contributed by atoms with E-state index in [0.29, 0.717) is 31.3 Å². The zero-order chi connectivity index (χ0) is 17.6. The van der Waals surface area contributed by atoms with Crippen molar-refractivity contribution in [2.24, 2.45) is 10.9 Å². The third-order valence-corrected chi connectivity index (χ3v) is 2.96. The van der Waals surface area contributed by atoms with E-state index in [4.69, 9.17) is 9.15 Å². The van der Waals surface area contributed by atoms with Gasteiger partial charge in [0.1, 0.15) is 0 Å². The second kappa shape index (κ2) is 15.0. The zero-order valence-electron chi connectivity index (χ0n) is 15.3. The first-order valence-corrected chi connectivity index (χ1v) is 8.55. The standard InChI is InChI=1S/C17H30N4O3.HI/c1-4-18-17(20-8-6-11-23-13-14(2)3)21-10-9-19-16(22)15-7-5-12-24-15;/h5,7,12,14H,4,6,8-11,13H2,1-3H3,(H,19,22)(H2,18,20,21);1H. The van der Waals surface area contributed by atoms with Gasteiger partial charge in [0.05, 0.1) is 6.26 Å². The van der Waals surface area contributed by atoms with Crippen molar-refractivity contribution in [1.29, 1.82) is 0 Å². The van der Waals surface area contributed by atoms with E-state index in [2.05, 4.69) is 34.8 Å². The van der Waals surface area contributed by atoms with Crippen LogP contribution in [0.2, 0.25) is 0 Å². The molecule has 1 heterocycles. The van der Waals surface area contributed by atoms with E-state index in [-0.39, 0.29) is 29.9 Å². The maximum atomic E-state index is 11.7. The molecule has 0 radical (unpaired) electrons. The summed E-state index contributed by atoms with van der Waals surface area (Å²) in [5.74, 6) is 1.40. The monoisotopic (exact) mass is 466 g/mol. The highest BCUT2D eigenvalue weighted by Gasteiger charge is 2.06. The highest BCUT2D eigenvalue weighted by molar-refractivity contribution is 14.0. The molecule has 0 spiro atoms. The van der Waals surface area contributed by atoms with Crippen molar-refractivity contribution in [2.45, 2.75) is 27.2 Å². The van der Waals surface area contributed by atoms with Crippen molar-refractivity contribution in [3.63, 3.8) is 0 Å². The van der Waals surface area contributed by atoms with Crippen molar-refractivity contribution in [2.75, 3.05) is 39.4 Å². The van der Waals surface area contributed by atoms with Gasteiger partial charge in [0.25, 0.3) is 5.91 Å². The maximum absolute atomic E-state index is 11.7. The third kappa shape index (κ3) is 11.8. The number of aliphatic imine (C=N–C) groups is 1. The summed E-state index contributed by atoms with van der Waals surface area (Å²) in [5, 5.41) is 9.14. The average Bonchev–Trinajstić information content (AvgIpc) is 3.08. The summed E-state index contributed by atoms with van der Waals surface area (Å²) in [6.45, 7) is 10.4. The van der Waals surface area contributed by atoms with Crippen LogP contribution < -0.4 is 16.0 Å². The van der Waals surface area contributed by atoms with Crippen molar-refractivity contribution < 1.29 is 13.9 Å². The number of halogens is 1. The lowest BCUT2D eigenvalue weighted by Gasteiger charge is -2.11. The number of guanidine groups is 1. The van der Waals surface area contributed by atoms with E-state index in [1.165, 1.54) is 6.26 Å². The summed E-state index contributed by atoms with van der Waals surface area (Å²) in [7, 11) is 0. The Morgan fingerprint density at radius 3 is 2.68 bits per heavy atom. The number of hydrogen-bond donors (Lipinski definition) is 3. The summed E-state index contributed by atoms with van der Waals surface area (Å²) >= 11 is 0. The Labute approximate surface area is 167 Å². The number of nitrogens with zero attached hydrogens (tertiary/aromatic N) is 1. The molecule has 0 aliphatic heterocycles. The molecule has 8 heteroatoms. The number of carbonyl (C=O) groups is 1. The second-order valence-corrected chi connectivity index (χ2v) is 5.74. The molecule has 0 aliphatic carbocycles. The van der Waals surface area contributed by atoms with Crippen LogP contribution in [0.1, 0.15) is 37.7 Å². The SMILES string of the molecule is CCNC(=NCCCOCC(C)C)NCCNC(=O)c1ccco1.I. The van der Waals surface area contributed by atoms with Crippen molar-refractivity contribution in [3.8, 4) is 0 Å². The Bertz CT molecular complexity index is 478. The summed E-state index contributed by atoms with van der Waals surface area (Å²) in [4.78, 5) is 16.2. The molecule has 0 unspecified atom stereocenters. The van der Waals surface area contributed by atoms with Crippen LogP contribution in [0, 0.1) is 5.92 Å². The highest BCUT2D eigenvalue weighted by Crippen LogP contribution is 1.98. The summed E-state index contributed by atoms with van der Waals surface area (Å²) in [6, 6.07) is 3.32. The largest absolute Gasteiger partial charge is 0.459 e. The number of amides is 1. The molecule has 0 bridgehead atoms. The quantitative estimate of drug-likeness (QED) is 0.202. The number of carbonyl (C=O) groups excluding carboxylic acids is 1. The smallest absolute Gasteiger partial charge is 0.287 e. The van der Waals surface area contributed by atoms with E-state index in [1.54, 1.807) is 12.1 Å². The van der Waals surface area contributed by atoms with Crippen molar-refractivity contribution in [3.05, 3.63) is 24.2 Å². The molecule has 0 aromatic carbocycles. The van der Waals surface area contributed by atoms with E-state index >= 15 is 0 Å². The fraction of sp³-hybridized carbons (Fsp3) is 0.647. The van der Waals surface area contributed by atoms with Crippen LogP contribution in [0.15, 0.2) is 27.8 Å². The van der Waals surface area contributed by atoms with Gasteiger partial charge in [0.2, 0.25) is 0 Å². The first-order valence-electron chi connectivity index (χ1n) is 8.55. The van der Waals surface area contributed by atoms with Crippen LogP contribution in [0.3, 0.4) is 0 Å². The number of rotatable bonds is 11. The van der Waals surface area contributed by atoms with Crippen LogP contribution in [-0.4, -0.2) is 51.3 Å². The van der Waals surface area contributed by atoms with E-state index in [9.17, 15) is 4.79 Å². The van der Waals surface area contributed by atoms with Gasteiger partial charge in [-0.2, -0.15) is 0 Å². The lowest BCUT2D eigenvalue weighted by atomic mass is 10.2. The number of ether oxygens (including phenoxy) is 1. The van der Waals surface area contributed by atoms with E-state index in [1.807, 2.05) is 6.92 Å². The van der Waals surface area contributed by atoms with E-state index in [0.717, 1.165) is 32.1 Å². The molecular formula is C17H31IN4O3. The minimum absolute atomic E-state index is 0. The number of nitrogens with one attached hydrogen (secondary N) is 3. The Balaban J connectivity index is 0.00000576. The fourth-order valence-corrected chi connectivity index (χ4v) is 1.87.